The predicted octanol–water partition coefficient (Wildman–Crippen LogP) is 2.33. The van der Waals surface area contributed by atoms with Crippen LogP contribution in [0.2, 0.25) is 0 Å². The maximum Gasteiger partial charge on any atom is 0.160 e. The molecule has 4 nitrogen and oxygen atoms in total. The fourth-order valence-corrected chi connectivity index (χ4v) is 1.64. The van der Waals surface area contributed by atoms with Crippen molar-refractivity contribution >= 4 is 11.0 Å². The van der Waals surface area contributed by atoms with E-state index in [0.717, 1.165) is 28.1 Å². The van der Waals surface area contributed by atoms with Crippen LogP contribution in [-0.4, -0.2) is 20.2 Å². The molecule has 16 heavy (non-hydrogen) atoms. The molecule has 0 saturated heterocycles. The molecule has 4 heteroatoms. The minimum Gasteiger partial charge on any atom is -0.276 e. The first-order valence-corrected chi connectivity index (χ1v) is 5.07. The molecule has 0 aliphatic heterocycles. The van der Waals surface area contributed by atoms with Crippen LogP contribution in [0.15, 0.2) is 36.5 Å². The Kier molecular flexibility index (Phi) is 1.93. The van der Waals surface area contributed by atoms with Crippen LogP contribution >= 0.6 is 0 Å². The lowest BCUT2D eigenvalue weighted by Gasteiger charge is -2.00. The maximum absolute atomic E-state index is 4.50. The highest BCUT2D eigenvalue weighted by Gasteiger charge is 2.03. The Labute approximate surface area is 92.4 Å². The van der Waals surface area contributed by atoms with E-state index in [1.807, 2.05) is 37.3 Å². The number of pyridine rings is 2. The van der Waals surface area contributed by atoms with Crippen LogP contribution in [0.25, 0.3) is 22.4 Å². The van der Waals surface area contributed by atoms with Crippen molar-refractivity contribution in [3.05, 3.63) is 42.2 Å². The third-order valence-electron chi connectivity index (χ3n) is 2.47. The summed E-state index contributed by atoms with van der Waals surface area (Å²) < 4.78 is 0. The van der Waals surface area contributed by atoms with E-state index < -0.39 is 0 Å². The van der Waals surface area contributed by atoms with Crippen LogP contribution in [0, 0.1) is 6.92 Å². The summed E-state index contributed by atoms with van der Waals surface area (Å²) in [4.78, 5) is 8.90. The number of H-pyrrole nitrogens is 1. The van der Waals surface area contributed by atoms with Gasteiger partial charge in [-0.15, -0.1) is 0 Å². The van der Waals surface area contributed by atoms with Gasteiger partial charge in [0.25, 0.3) is 0 Å². The van der Waals surface area contributed by atoms with E-state index in [2.05, 4.69) is 20.2 Å². The smallest absolute Gasteiger partial charge is 0.160 e. The van der Waals surface area contributed by atoms with Gasteiger partial charge in [0.1, 0.15) is 0 Å². The van der Waals surface area contributed by atoms with Crippen LogP contribution in [0.5, 0.6) is 0 Å². The van der Waals surface area contributed by atoms with Gasteiger partial charge in [-0.25, -0.2) is 9.97 Å². The second-order valence-electron chi connectivity index (χ2n) is 3.67. The zero-order chi connectivity index (χ0) is 11.0. The number of nitrogens with one attached hydrogen (secondary N) is 1. The molecule has 0 aliphatic carbocycles. The lowest BCUT2D eigenvalue weighted by Crippen LogP contribution is -1.89. The molecule has 0 aromatic carbocycles. The molecule has 0 spiro atoms. The number of hydrogen-bond donors (Lipinski definition) is 1. The molecule has 0 bridgehead atoms. The molecule has 78 valence electrons. The number of nitrogens with zero attached hydrogens (tertiary/aromatic N) is 3. The summed E-state index contributed by atoms with van der Waals surface area (Å²) in [7, 11) is 0. The monoisotopic (exact) mass is 210 g/mol. The summed E-state index contributed by atoms with van der Waals surface area (Å²) >= 11 is 0. The van der Waals surface area contributed by atoms with Gasteiger partial charge in [-0.1, -0.05) is 0 Å². The summed E-state index contributed by atoms with van der Waals surface area (Å²) in [5.74, 6) is 0. The minimum absolute atomic E-state index is 0.770. The van der Waals surface area contributed by atoms with Gasteiger partial charge < -0.3 is 0 Å². The lowest BCUT2D eigenvalue weighted by atomic mass is 10.2. The highest BCUT2D eigenvalue weighted by atomic mass is 15.1. The van der Waals surface area contributed by atoms with Gasteiger partial charge in [0.05, 0.1) is 11.4 Å². The van der Waals surface area contributed by atoms with E-state index in [1.165, 1.54) is 0 Å². The molecule has 0 saturated carbocycles. The average molecular weight is 210 g/mol. The van der Waals surface area contributed by atoms with Crippen molar-refractivity contribution < 1.29 is 0 Å². The lowest BCUT2D eigenvalue weighted by molar-refractivity contribution is 1.09. The van der Waals surface area contributed by atoms with Crippen molar-refractivity contribution in [3.63, 3.8) is 0 Å². The molecule has 3 aromatic heterocycles. The molecule has 3 heterocycles. The Morgan fingerprint density at radius 2 is 1.88 bits per heavy atom. The Hall–Kier alpha value is -2.23. The molecule has 0 radical (unpaired) electrons. The highest BCUT2D eigenvalue weighted by Crippen LogP contribution is 2.17. The molecular weight excluding hydrogens is 200 g/mol. The highest BCUT2D eigenvalue weighted by molar-refractivity contribution is 5.77. The summed E-state index contributed by atoms with van der Waals surface area (Å²) in [6.07, 6.45) is 1.71. The third kappa shape index (κ3) is 1.44. The molecule has 0 aliphatic rings. The predicted molar refractivity (Wildman–Crippen MR) is 61.9 cm³/mol. The number of hydrogen-bond acceptors (Lipinski definition) is 3. The summed E-state index contributed by atoms with van der Waals surface area (Å²) in [5.41, 5.74) is 3.52. The van der Waals surface area contributed by atoms with Crippen LogP contribution in [-0.2, 0) is 0 Å². The first-order chi connectivity index (χ1) is 7.83. The standard InChI is InChI=1S/C12H10N4/c1-8-2-3-9-4-5-10(15-12(9)14-8)11-6-7-13-16-11/h2-7H,1H3,(H,13,16). The number of fused-ring (bicyclic) bond motifs is 1. The van der Waals surface area contributed by atoms with Crippen molar-refractivity contribution in [2.75, 3.05) is 0 Å². The van der Waals surface area contributed by atoms with E-state index in [0.29, 0.717) is 0 Å². The van der Waals surface area contributed by atoms with E-state index >= 15 is 0 Å². The van der Waals surface area contributed by atoms with Gasteiger partial charge >= 0.3 is 0 Å². The first-order valence-electron chi connectivity index (χ1n) is 5.07. The molecule has 3 rings (SSSR count). The van der Waals surface area contributed by atoms with Crippen LogP contribution in [0.4, 0.5) is 0 Å². The Balaban J connectivity index is 2.22. The molecule has 0 unspecified atom stereocenters. The van der Waals surface area contributed by atoms with Gasteiger partial charge in [-0.05, 0) is 37.3 Å². The number of aryl methyl sites for hydroxylation is 1. The number of rotatable bonds is 1. The second-order valence-corrected chi connectivity index (χ2v) is 3.67. The van der Waals surface area contributed by atoms with Crippen molar-refractivity contribution in [1.82, 2.24) is 20.2 Å². The zero-order valence-electron chi connectivity index (χ0n) is 8.81. The fourth-order valence-electron chi connectivity index (χ4n) is 1.64. The largest absolute Gasteiger partial charge is 0.276 e. The van der Waals surface area contributed by atoms with Gasteiger partial charge in [-0.2, -0.15) is 5.10 Å². The fraction of sp³-hybridized carbons (Fsp3) is 0.0833. The topological polar surface area (TPSA) is 54.5 Å². The van der Waals surface area contributed by atoms with Gasteiger partial charge in [0.15, 0.2) is 5.65 Å². The van der Waals surface area contributed by atoms with Crippen molar-refractivity contribution in [2.45, 2.75) is 6.92 Å². The maximum atomic E-state index is 4.50. The minimum atomic E-state index is 0.770. The molecule has 3 aromatic rings. The van der Waals surface area contributed by atoms with Crippen molar-refractivity contribution in [2.24, 2.45) is 0 Å². The second kappa shape index (κ2) is 3.41. The quantitative estimate of drug-likeness (QED) is 0.670. The summed E-state index contributed by atoms with van der Waals surface area (Å²) in [5, 5.41) is 7.85. The molecule has 0 amide bonds. The molecular formula is C12H10N4. The van der Waals surface area contributed by atoms with E-state index in [-0.39, 0.29) is 0 Å². The van der Waals surface area contributed by atoms with E-state index in [9.17, 15) is 0 Å². The first kappa shape index (κ1) is 9.03. The summed E-state index contributed by atoms with van der Waals surface area (Å²) in [6.45, 7) is 1.96. The van der Waals surface area contributed by atoms with Gasteiger partial charge in [-0.3, -0.25) is 5.10 Å². The number of aromatic nitrogens is 4. The van der Waals surface area contributed by atoms with Crippen LogP contribution in [0.3, 0.4) is 0 Å². The van der Waals surface area contributed by atoms with Crippen molar-refractivity contribution in [1.29, 1.82) is 0 Å². The number of aromatic amines is 1. The third-order valence-corrected chi connectivity index (χ3v) is 2.47. The Morgan fingerprint density at radius 3 is 2.69 bits per heavy atom. The van der Waals surface area contributed by atoms with Gasteiger partial charge in [0.2, 0.25) is 0 Å². The van der Waals surface area contributed by atoms with Crippen LogP contribution in [0.1, 0.15) is 5.69 Å². The van der Waals surface area contributed by atoms with Crippen LogP contribution < -0.4 is 0 Å². The normalized spacial score (nSPS) is 10.8. The van der Waals surface area contributed by atoms with Gasteiger partial charge in [0, 0.05) is 17.3 Å². The van der Waals surface area contributed by atoms with E-state index in [4.69, 9.17) is 0 Å². The Morgan fingerprint density at radius 1 is 1.00 bits per heavy atom. The average Bonchev–Trinajstić information content (AvgIpc) is 2.81. The van der Waals surface area contributed by atoms with E-state index in [1.54, 1.807) is 6.20 Å². The molecule has 0 atom stereocenters. The molecule has 1 N–H and O–H groups in total. The Bertz CT molecular complexity index is 629. The SMILES string of the molecule is Cc1ccc2ccc(-c3ccn[nH]3)nc2n1. The van der Waals surface area contributed by atoms with Crippen molar-refractivity contribution in [3.8, 4) is 11.4 Å². The summed E-state index contributed by atoms with van der Waals surface area (Å²) in [6, 6.07) is 9.89. The molecule has 0 fully saturated rings. The zero-order valence-corrected chi connectivity index (χ0v) is 8.81.